The molecule has 1 N–H and O–H groups in total. The lowest BCUT2D eigenvalue weighted by atomic mass is 10.2. The van der Waals surface area contributed by atoms with Crippen LogP contribution in [0.15, 0.2) is 53.9 Å². The lowest BCUT2D eigenvalue weighted by molar-refractivity contribution is -0.111. The molecule has 0 saturated heterocycles. The van der Waals surface area contributed by atoms with Gasteiger partial charge in [-0.25, -0.2) is 9.37 Å². The van der Waals surface area contributed by atoms with Gasteiger partial charge in [0.2, 0.25) is 5.91 Å². The van der Waals surface area contributed by atoms with Gasteiger partial charge in [-0.2, -0.15) is 0 Å². The van der Waals surface area contributed by atoms with Gasteiger partial charge in [-0.15, -0.1) is 11.3 Å². The van der Waals surface area contributed by atoms with Gasteiger partial charge in [0, 0.05) is 16.5 Å². The number of carbonyl (C=O) groups is 1. The highest BCUT2D eigenvalue weighted by molar-refractivity contribution is 7.09. The SMILES string of the molecule is Cc1nc(COc2ccc(/C=C/C(=O)Nc3cc(Cl)ccc3F)cc2)cs1. The Kier molecular flexibility index (Phi) is 6.21. The van der Waals surface area contributed by atoms with Crippen LogP contribution in [0.1, 0.15) is 16.3 Å². The van der Waals surface area contributed by atoms with Crippen LogP contribution >= 0.6 is 22.9 Å². The van der Waals surface area contributed by atoms with Crippen LogP contribution in [0.5, 0.6) is 5.75 Å². The zero-order valence-corrected chi connectivity index (χ0v) is 16.0. The molecule has 1 amide bonds. The first-order valence-electron chi connectivity index (χ1n) is 8.07. The number of benzene rings is 2. The molecule has 27 heavy (non-hydrogen) atoms. The molecule has 0 bridgehead atoms. The third-order valence-electron chi connectivity index (χ3n) is 3.55. The van der Waals surface area contributed by atoms with Crippen LogP contribution in [0.2, 0.25) is 5.02 Å². The predicted octanol–water partition coefficient (Wildman–Crippen LogP) is 5.47. The van der Waals surface area contributed by atoms with Gasteiger partial charge in [-0.05, 0) is 48.9 Å². The summed E-state index contributed by atoms with van der Waals surface area (Å²) in [4.78, 5) is 16.3. The number of ether oxygens (including phenoxy) is 1. The summed E-state index contributed by atoms with van der Waals surface area (Å²) in [6, 6.07) is 11.3. The van der Waals surface area contributed by atoms with Gasteiger partial charge in [0.25, 0.3) is 0 Å². The topological polar surface area (TPSA) is 51.2 Å². The van der Waals surface area contributed by atoms with E-state index < -0.39 is 11.7 Å². The average molecular weight is 403 g/mol. The summed E-state index contributed by atoms with van der Waals surface area (Å²) in [6.07, 6.45) is 2.96. The molecular formula is C20H16ClFN2O2S. The Morgan fingerprint density at radius 3 is 2.78 bits per heavy atom. The molecule has 0 aliphatic heterocycles. The van der Waals surface area contributed by atoms with Crippen LogP contribution in [0.4, 0.5) is 10.1 Å². The molecule has 0 spiro atoms. The van der Waals surface area contributed by atoms with Crippen LogP contribution < -0.4 is 10.1 Å². The minimum absolute atomic E-state index is 0.0400. The van der Waals surface area contributed by atoms with Crippen molar-refractivity contribution in [2.75, 3.05) is 5.32 Å². The fourth-order valence-corrected chi connectivity index (χ4v) is 3.02. The number of aromatic nitrogens is 1. The molecule has 7 heteroatoms. The second-order valence-corrected chi connectivity index (χ2v) is 7.16. The zero-order valence-electron chi connectivity index (χ0n) is 14.4. The summed E-state index contributed by atoms with van der Waals surface area (Å²) < 4.78 is 19.3. The van der Waals surface area contributed by atoms with Crippen LogP contribution in [0.3, 0.4) is 0 Å². The monoisotopic (exact) mass is 402 g/mol. The van der Waals surface area contributed by atoms with E-state index in [4.69, 9.17) is 16.3 Å². The van der Waals surface area contributed by atoms with E-state index in [2.05, 4.69) is 10.3 Å². The van der Waals surface area contributed by atoms with Gasteiger partial charge in [0.05, 0.1) is 16.4 Å². The maximum atomic E-state index is 13.6. The van der Waals surface area contributed by atoms with Crippen LogP contribution in [-0.2, 0) is 11.4 Å². The Hall–Kier alpha value is -2.70. The Bertz CT molecular complexity index is 970. The summed E-state index contributed by atoms with van der Waals surface area (Å²) in [7, 11) is 0. The van der Waals surface area contributed by atoms with Crippen molar-refractivity contribution in [2.45, 2.75) is 13.5 Å². The highest BCUT2D eigenvalue weighted by Crippen LogP contribution is 2.20. The van der Waals surface area contributed by atoms with E-state index in [1.54, 1.807) is 17.4 Å². The second kappa shape index (κ2) is 8.79. The van der Waals surface area contributed by atoms with Gasteiger partial charge in [0.1, 0.15) is 18.2 Å². The van der Waals surface area contributed by atoms with E-state index >= 15 is 0 Å². The van der Waals surface area contributed by atoms with Gasteiger partial charge in [0.15, 0.2) is 0 Å². The van der Waals surface area contributed by atoms with E-state index in [-0.39, 0.29) is 5.69 Å². The third kappa shape index (κ3) is 5.64. The van der Waals surface area contributed by atoms with Crippen molar-refractivity contribution in [1.82, 2.24) is 4.98 Å². The number of rotatable bonds is 6. The van der Waals surface area contributed by atoms with Gasteiger partial charge >= 0.3 is 0 Å². The number of hydrogen-bond acceptors (Lipinski definition) is 4. The van der Waals surface area contributed by atoms with Crippen LogP contribution in [-0.4, -0.2) is 10.9 Å². The smallest absolute Gasteiger partial charge is 0.248 e. The summed E-state index contributed by atoms with van der Waals surface area (Å²) in [5.74, 6) is -0.281. The van der Waals surface area contributed by atoms with E-state index in [1.807, 2.05) is 36.6 Å². The van der Waals surface area contributed by atoms with Crippen molar-refractivity contribution in [3.8, 4) is 5.75 Å². The molecule has 4 nitrogen and oxygen atoms in total. The highest BCUT2D eigenvalue weighted by atomic mass is 35.5. The molecule has 0 aliphatic rings. The molecule has 0 fully saturated rings. The molecule has 1 aromatic heterocycles. The first-order valence-corrected chi connectivity index (χ1v) is 9.33. The first kappa shape index (κ1) is 19.1. The third-order valence-corrected chi connectivity index (χ3v) is 4.60. The Balaban J connectivity index is 1.55. The van der Waals surface area contributed by atoms with E-state index in [0.29, 0.717) is 17.4 Å². The number of anilines is 1. The standard InChI is InChI=1S/C20H16ClFN2O2S/c1-13-23-16(12-27-13)11-26-17-6-2-14(3-7-17)4-9-20(25)24-19-10-15(21)5-8-18(19)22/h2-10,12H,11H2,1H3,(H,24,25)/b9-4+. The summed E-state index contributed by atoms with van der Waals surface area (Å²) >= 11 is 7.39. The Morgan fingerprint density at radius 1 is 1.30 bits per heavy atom. The molecule has 3 aromatic rings. The Morgan fingerprint density at radius 2 is 2.07 bits per heavy atom. The van der Waals surface area contributed by atoms with Crippen LogP contribution in [0, 0.1) is 12.7 Å². The number of amides is 1. The number of nitrogens with zero attached hydrogens (tertiary/aromatic N) is 1. The molecule has 0 atom stereocenters. The normalized spacial score (nSPS) is 10.9. The number of nitrogens with one attached hydrogen (secondary N) is 1. The fourth-order valence-electron chi connectivity index (χ4n) is 2.25. The number of hydrogen-bond donors (Lipinski definition) is 1. The van der Waals surface area contributed by atoms with Crippen molar-refractivity contribution in [1.29, 1.82) is 0 Å². The highest BCUT2D eigenvalue weighted by Gasteiger charge is 2.05. The van der Waals surface area contributed by atoms with Crippen molar-refractivity contribution in [2.24, 2.45) is 0 Å². The van der Waals surface area contributed by atoms with Crippen LogP contribution in [0.25, 0.3) is 6.08 Å². The molecular weight excluding hydrogens is 387 g/mol. The average Bonchev–Trinajstić information content (AvgIpc) is 3.07. The fraction of sp³-hybridized carbons (Fsp3) is 0.100. The molecule has 0 radical (unpaired) electrons. The van der Waals surface area contributed by atoms with Gasteiger partial charge in [-0.1, -0.05) is 23.7 Å². The minimum atomic E-state index is -0.544. The molecule has 0 unspecified atom stereocenters. The molecule has 2 aromatic carbocycles. The lowest BCUT2D eigenvalue weighted by Gasteiger charge is -2.05. The van der Waals surface area contributed by atoms with Crippen molar-refractivity contribution in [3.05, 3.63) is 81.0 Å². The van der Waals surface area contributed by atoms with E-state index in [0.717, 1.165) is 16.3 Å². The van der Waals surface area contributed by atoms with Gasteiger partial charge in [-0.3, -0.25) is 4.79 Å². The molecule has 1 heterocycles. The van der Waals surface area contributed by atoms with Crippen molar-refractivity contribution < 1.29 is 13.9 Å². The summed E-state index contributed by atoms with van der Waals surface area (Å²) in [6.45, 7) is 2.36. The quantitative estimate of drug-likeness (QED) is 0.556. The predicted molar refractivity (Wildman–Crippen MR) is 107 cm³/mol. The van der Waals surface area contributed by atoms with E-state index in [9.17, 15) is 9.18 Å². The molecule has 138 valence electrons. The summed E-state index contributed by atoms with van der Waals surface area (Å²) in [5, 5.41) is 5.77. The van der Waals surface area contributed by atoms with Crippen molar-refractivity contribution in [3.63, 3.8) is 0 Å². The zero-order chi connectivity index (χ0) is 19.2. The summed E-state index contributed by atoms with van der Waals surface area (Å²) in [5.41, 5.74) is 1.75. The maximum absolute atomic E-state index is 13.6. The largest absolute Gasteiger partial charge is 0.487 e. The van der Waals surface area contributed by atoms with E-state index in [1.165, 1.54) is 24.3 Å². The number of aryl methyl sites for hydroxylation is 1. The maximum Gasteiger partial charge on any atom is 0.248 e. The number of halogens is 2. The molecule has 3 rings (SSSR count). The molecule has 0 saturated carbocycles. The number of thiazole rings is 1. The number of carbonyl (C=O) groups excluding carboxylic acids is 1. The van der Waals surface area contributed by atoms with Crippen molar-refractivity contribution >= 4 is 40.6 Å². The Labute approximate surface area is 165 Å². The molecule has 0 aliphatic carbocycles. The minimum Gasteiger partial charge on any atom is -0.487 e. The second-order valence-electron chi connectivity index (χ2n) is 5.66. The lowest BCUT2D eigenvalue weighted by Crippen LogP contribution is -2.09. The first-order chi connectivity index (χ1) is 13.0. The van der Waals surface area contributed by atoms with Gasteiger partial charge < -0.3 is 10.1 Å².